The van der Waals surface area contributed by atoms with Crippen molar-refractivity contribution in [1.29, 1.82) is 0 Å². The Bertz CT molecular complexity index is 599. The number of anilines is 2. The van der Waals surface area contributed by atoms with Crippen LogP contribution < -0.4 is 11.1 Å². The van der Waals surface area contributed by atoms with Crippen molar-refractivity contribution >= 4 is 29.0 Å². The molecule has 0 unspecified atom stereocenters. The number of nitrogen functional groups attached to an aromatic ring is 1. The molecule has 2 aromatic rings. The van der Waals surface area contributed by atoms with Gasteiger partial charge in [0.15, 0.2) is 5.82 Å². The Hall–Kier alpha value is -2.07. The summed E-state index contributed by atoms with van der Waals surface area (Å²) in [4.78, 5) is 16.0. The second-order valence-electron chi connectivity index (χ2n) is 3.88. The number of halogens is 1. The van der Waals surface area contributed by atoms with Gasteiger partial charge in [-0.25, -0.2) is 4.98 Å². The van der Waals surface area contributed by atoms with Gasteiger partial charge in [0, 0.05) is 11.9 Å². The highest BCUT2D eigenvalue weighted by Crippen LogP contribution is 2.20. The van der Waals surface area contributed by atoms with E-state index < -0.39 is 0 Å². The summed E-state index contributed by atoms with van der Waals surface area (Å²) in [7, 11) is 0. The topological polar surface area (TPSA) is 68.0 Å². The number of amides is 1. The third-order valence-corrected chi connectivity index (χ3v) is 2.75. The molecule has 1 amide bonds. The molecule has 5 heteroatoms. The number of hydrogen-bond acceptors (Lipinski definition) is 3. The highest BCUT2D eigenvalue weighted by Gasteiger charge is 2.12. The van der Waals surface area contributed by atoms with Gasteiger partial charge in [0.2, 0.25) is 0 Å². The summed E-state index contributed by atoms with van der Waals surface area (Å²) in [6.07, 6.45) is 1.56. The first-order valence-corrected chi connectivity index (χ1v) is 5.73. The first kappa shape index (κ1) is 12.4. The first-order chi connectivity index (χ1) is 8.58. The van der Waals surface area contributed by atoms with Gasteiger partial charge in [-0.3, -0.25) is 4.79 Å². The molecule has 2 rings (SSSR count). The summed E-state index contributed by atoms with van der Waals surface area (Å²) in [6.45, 7) is 1.89. The van der Waals surface area contributed by atoms with Gasteiger partial charge in [0.25, 0.3) is 5.91 Å². The van der Waals surface area contributed by atoms with Crippen molar-refractivity contribution in [2.24, 2.45) is 0 Å². The zero-order valence-electron chi connectivity index (χ0n) is 9.77. The van der Waals surface area contributed by atoms with Crippen molar-refractivity contribution in [1.82, 2.24) is 4.98 Å². The standard InChI is InChI=1S/C13H12ClN3O/c1-8-4-5-11(15)9(7-8)13(18)17-12-10(14)3-2-6-16-12/h2-7H,15H2,1H3,(H,16,17,18). The Morgan fingerprint density at radius 3 is 2.89 bits per heavy atom. The van der Waals surface area contributed by atoms with E-state index in [0.717, 1.165) is 5.56 Å². The summed E-state index contributed by atoms with van der Waals surface area (Å²) in [5, 5.41) is 3.02. The fourth-order valence-corrected chi connectivity index (χ4v) is 1.69. The highest BCUT2D eigenvalue weighted by molar-refractivity contribution is 6.33. The van der Waals surface area contributed by atoms with Crippen molar-refractivity contribution in [3.05, 3.63) is 52.7 Å². The van der Waals surface area contributed by atoms with Crippen LogP contribution in [0.4, 0.5) is 11.5 Å². The number of aromatic nitrogens is 1. The number of nitrogens with zero attached hydrogens (tertiary/aromatic N) is 1. The van der Waals surface area contributed by atoms with Crippen molar-refractivity contribution in [3.63, 3.8) is 0 Å². The van der Waals surface area contributed by atoms with Crippen LogP contribution in [-0.2, 0) is 0 Å². The molecular weight excluding hydrogens is 250 g/mol. The van der Waals surface area contributed by atoms with E-state index in [1.165, 1.54) is 0 Å². The quantitative estimate of drug-likeness (QED) is 0.817. The number of aryl methyl sites for hydroxylation is 1. The number of pyridine rings is 1. The second-order valence-corrected chi connectivity index (χ2v) is 4.29. The lowest BCUT2D eigenvalue weighted by Gasteiger charge is -2.08. The number of carbonyl (C=O) groups excluding carboxylic acids is 1. The smallest absolute Gasteiger partial charge is 0.258 e. The van der Waals surface area contributed by atoms with Crippen LogP contribution in [0.2, 0.25) is 5.02 Å². The molecule has 0 spiro atoms. The van der Waals surface area contributed by atoms with Crippen LogP contribution in [0.3, 0.4) is 0 Å². The van der Waals surface area contributed by atoms with Crippen molar-refractivity contribution in [2.45, 2.75) is 6.92 Å². The Balaban J connectivity index is 2.28. The molecule has 0 aliphatic rings. The minimum Gasteiger partial charge on any atom is -0.398 e. The molecular formula is C13H12ClN3O. The van der Waals surface area contributed by atoms with E-state index in [0.29, 0.717) is 22.1 Å². The lowest BCUT2D eigenvalue weighted by Crippen LogP contribution is -2.15. The molecule has 0 atom stereocenters. The Morgan fingerprint density at radius 2 is 2.17 bits per heavy atom. The van der Waals surface area contributed by atoms with Crippen LogP contribution in [0.15, 0.2) is 36.5 Å². The molecule has 0 saturated heterocycles. The number of nitrogens with two attached hydrogens (primary N) is 1. The molecule has 18 heavy (non-hydrogen) atoms. The zero-order chi connectivity index (χ0) is 13.1. The summed E-state index contributed by atoms with van der Waals surface area (Å²) in [5.74, 6) is 0.00173. The van der Waals surface area contributed by atoms with E-state index in [9.17, 15) is 4.79 Å². The minimum atomic E-state index is -0.322. The van der Waals surface area contributed by atoms with Crippen LogP contribution in [0, 0.1) is 6.92 Å². The molecule has 92 valence electrons. The molecule has 1 aromatic carbocycles. The fourth-order valence-electron chi connectivity index (χ4n) is 1.52. The molecule has 0 bridgehead atoms. The number of nitrogens with one attached hydrogen (secondary N) is 1. The number of hydrogen-bond donors (Lipinski definition) is 2. The van der Waals surface area contributed by atoms with Gasteiger partial charge in [0.05, 0.1) is 10.6 Å². The molecule has 0 aliphatic carbocycles. The van der Waals surface area contributed by atoms with E-state index in [-0.39, 0.29) is 5.91 Å². The Kier molecular flexibility index (Phi) is 3.48. The SMILES string of the molecule is Cc1ccc(N)c(C(=O)Nc2ncccc2Cl)c1. The Labute approximate surface area is 110 Å². The number of carbonyl (C=O) groups is 1. The van der Waals surface area contributed by atoms with Gasteiger partial charge in [-0.15, -0.1) is 0 Å². The number of benzene rings is 1. The predicted octanol–water partition coefficient (Wildman–Crippen LogP) is 2.88. The van der Waals surface area contributed by atoms with Gasteiger partial charge in [-0.05, 0) is 31.2 Å². The van der Waals surface area contributed by atoms with E-state index >= 15 is 0 Å². The van der Waals surface area contributed by atoms with Crippen LogP contribution in [0.1, 0.15) is 15.9 Å². The maximum atomic E-state index is 12.0. The van der Waals surface area contributed by atoms with Crippen LogP contribution in [0.25, 0.3) is 0 Å². The minimum absolute atomic E-state index is 0.322. The maximum Gasteiger partial charge on any atom is 0.258 e. The molecule has 0 saturated carbocycles. The van der Waals surface area contributed by atoms with E-state index in [1.54, 1.807) is 30.5 Å². The third-order valence-electron chi connectivity index (χ3n) is 2.44. The lowest BCUT2D eigenvalue weighted by molar-refractivity contribution is 0.102. The second kappa shape index (κ2) is 5.06. The summed E-state index contributed by atoms with van der Waals surface area (Å²) >= 11 is 5.92. The molecule has 1 aromatic heterocycles. The van der Waals surface area contributed by atoms with Gasteiger partial charge >= 0.3 is 0 Å². The van der Waals surface area contributed by atoms with E-state index in [1.807, 2.05) is 13.0 Å². The monoisotopic (exact) mass is 261 g/mol. The largest absolute Gasteiger partial charge is 0.398 e. The fraction of sp³-hybridized carbons (Fsp3) is 0.0769. The molecule has 4 nitrogen and oxygen atoms in total. The van der Waals surface area contributed by atoms with E-state index in [2.05, 4.69) is 10.3 Å². The van der Waals surface area contributed by atoms with Gasteiger partial charge in [0.1, 0.15) is 0 Å². The number of rotatable bonds is 2. The summed E-state index contributed by atoms with van der Waals surface area (Å²) in [5.41, 5.74) is 7.56. The average Bonchev–Trinajstić information content (AvgIpc) is 2.35. The predicted molar refractivity (Wildman–Crippen MR) is 72.8 cm³/mol. The zero-order valence-corrected chi connectivity index (χ0v) is 10.5. The Morgan fingerprint density at radius 1 is 1.39 bits per heavy atom. The molecule has 1 heterocycles. The van der Waals surface area contributed by atoms with Gasteiger partial charge < -0.3 is 11.1 Å². The molecule has 0 fully saturated rings. The van der Waals surface area contributed by atoms with E-state index in [4.69, 9.17) is 17.3 Å². The lowest BCUT2D eigenvalue weighted by atomic mass is 10.1. The average molecular weight is 262 g/mol. The van der Waals surface area contributed by atoms with Gasteiger partial charge in [-0.2, -0.15) is 0 Å². The van der Waals surface area contributed by atoms with Crippen molar-refractivity contribution < 1.29 is 4.79 Å². The van der Waals surface area contributed by atoms with Crippen LogP contribution in [-0.4, -0.2) is 10.9 Å². The first-order valence-electron chi connectivity index (χ1n) is 5.36. The molecule has 0 aliphatic heterocycles. The molecule has 3 N–H and O–H groups in total. The summed E-state index contributed by atoms with van der Waals surface area (Å²) < 4.78 is 0. The highest BCUT2D eigenvalue weighted by atomic mass is 35.5. The maximum absolute atomic E-state index is 12.0. The third kappa shape index (κ3) is 2.60. The summed E-state index contributed by atoms with van der Waals surface area (Å²) in [6, 6.07) is 8.62. The van der Waals surface area contributed by atoms with Crippen LogP contribution >= 0.6 is 11.6 Å². The normalized spacial score (nSPS) is 10.1. The van der Waals surface area contributed by atoms with Crippen molar-refractivity contribution in [3.8, 4) is 0 Å². The van der Waals surface area contributed by atoms with Crippen molar-refractivity contribution in [2.75, 3.05) is 11.1 Å². The molecule has 0 radical (unpaired) electrons. The van der Waals surface area contributed by atoms with Crippen LogP contribution in [0.5, 0.6) is 0 Å². The van der Waals surface area contributed by atoms with Gasteiger partial charge in [-0.1, -0.05) is 23.2 Å².